The lowest BCUT2D eigenvalue weighted by molar-refractivity contribution is 0.0696. The highest BCUT2D eigenvalue weighted by Gasteiger charge is 2.12. The number of aromatic nitrogens is 1. The number of anilines is 1. The van der Waals surface area contributed by atoms with Gasteiger partial charge in [-0.1, -0.05) is 27.7 Å². The van der Waals surface area contributed by atoms with Crippen LogP contribution in [-0.2, 0) is 0 Å². The summed E-state index contributed by atoms with van der Waals surface area (Å²) in [6, 6.07) is 3.08. The molecule has 20 heavy (non-hydrogen) atoms. The van der Waals surface area contributed by atoms with Gasteiger partial charge in [0, 0.05) is 12.2 Å². The summed E-state index contributed by atoms with van der Waals surface area (Å²) in [6.45, 7) is 8.38. The first kappa shape index (κ1) is 16.4. The van der Waals surface area contributed by atoms with Gasteiger partial charge in [-0.15, -0.1) is 0 Å². The highest BCUT2D eigenvalue weighted by Crippen LogP contribution is 2.18. The van der Waals surface area contributed by atoms with E-state index in [0.717, 1.165) is 5.69 Å². The maximum atomic E-state index is 11.1. The molecular weight excluding hydrogens is 256 g/mol. The van der Waals surface area contributed by atoms with E-state index in [0.29, 0.717) is 24.7 Å². The van der Waals surface area contributed by atoms with Crippen LogP contribution in [-0.4, -0.2) is 33.8 Å². The Kier molecular flexibility index (Phi) is 5.95. The van der Waals surface area contributed by atoms with E-state index in [9.17, 15) is 9.90 Å². The molecule has 0 radical (unpaired) electrons. The monoisotopic (exact) mass is 280 g/mol. The van der Waals surface area contributed by atoms with Crippen molar-refractivity contribution in [2.24, 2.45) is 5.92 Å². The molecule has 0 fully saturated rings. The van der Waals surface area contributed by atoms with Gasteiger partial charge in [0.1, 0.15) is 5.82 Å². The molecule has 0 amide bonds. The predicted octanol–water partition coefficient (Wildman–Crippen LogP) is 2.72. The molecule has 1 unspecified atom stereocenters. The van der Waals surface area contributed by atoms with Crippen LogP contribution in [0, 0.1) is 5.92 Å². The lowest BCUT2D eigenvalue weighted by Gasteiger charge is -2.15. The Labute approximate surface area is 120 Å². The van der Waals surface area contributed by atoms with Crippen LogP contribution in [0.4, 0.5) is 5.82 Å². The maximum Gasteiger partial charge on any atom is 0.335 e. The van der Waals surface area contributed by atoms with E-state index in [-0.39, 0.29) is 11.5 Å². The normalized spacial score (nSPS) is 12.8. The van der Waals surface area contributed by atoms with Gasteiger partial charge in [0.15, 0.2) is 0 Å². The summed E-state index contributed by atoms with van der Waals surface area (Å²) in [5.74, 6) is 0.0864. The molecule has 5 heteroatoms. The lowest BCUT2D eigenvalue weighted by atomic mass is 10.1. The average molecular weight is 280 g/mol. The molecule has 0 aliphatic rings. The van der Waals surface area contributed by atoms with E-state index >= 15 is 0 Å². The molecule has 112 valence electrons. The second-order valence-corrected chi connectivity index (χ2v) is 5.79. The van der Waals surface area contributed by atoms with E-state index < -0.39 is 12.1 Å². The van der Waals surface area contributed by atoms with Crippen LogP contribution in [0.15, 0.2) is 12.1 Å². The van der Waals surface area contributed by atoms with Gasteiger partial charge in [-0.05, 0) is 30.4 Å². The Morgan fingerprint density at radius 3 is 2.45 bits per heavy atom. The van der Waals surface area contributed by atoms with Gasteiger partial charge in [0.05, 0.1) is 11.7 Å². The number of carbonyl (C=O) groups is 1. The Balaban J connectivity index is 2.81. The lowest BCUT2D eigenvalue weighted by Crippen LogP contribution is -2.22. The molecule has 1 aromatic heterocycles. The van der Waals surface area contributed by atoms with Crippen LogP contribution in [0.25, 0.3) is 0 Å². The Morgan fingerprint density at radius 2 is 1.95 bits per heavy atom. The highest BCUT2D eigenvalue weighted by molar-refractivity contribution is 5.88. The van der Waals surface area contributed by atoms with Crippen molar-refractivity contribution in [1.82, 2.24) is 4.98 Å². The van der Waals surface area contributed by atoms with Gasteiger partial charge >= 0.3 is 5.97 Å². The minimum absolute atomic E-state index is 0.149. The zero-order valence-corrected chi connectivity index (χ0v) is 12.6. The third kappa shape index (κ3) is 5.17. The molecule has 0 saturated heterocycles. The van der Waals surface area contributed by atoms with Crippen LogP contribution in [0.1, 0.15) is 56.1 Å². The molecule has 1 heterocycles. The highest BCUT2D eigenvalue weighted by atomic mass is 16.4. The molecule has 1 rings (SSSR count). The predicted molar refractivity (Wildman–Crippen MR) is 79.2 cm³/mol. The van der Waals surface area contributed by atoms with Gasteiger partial charge in [-0.3, -0.25) is 0 Å². The first-order valence-electron chi connectivity index (χ1n) is 6.96. The van der Waals surface area contributed by atoms with Gasteiger partial charge in [-0.2, -0.15) is 0 Å². The summed E-state index contributed by atoms with van der Waals surface area (Å²) >= 11 is 0. The van der Waals surface area contributed by atoms with Crippen molar-refractivity contribution in [1.29, 1.82) is 0 Å². The maximum absolute atomic E-state index is 11.1. The number of rotatable bonds is 7. The first-order valence-corrected chi connectivity index (χ1v) is 6.96. The fourth-order valence-corrected chi connectivity index (χ4v) is 1.91. The minimum Gasteiger partial charge on any atom is -0.478 e. The molecule has 5 nitrogen and oxygen atoms in total. The third-order valence-electron chi connectivity index (χ3n) is 2.95. The summed E-state index contributed by atoms with van der Waals surface area (Å²) < 4.78 is 0. The van der Waals surface area contributed by atoms with Crippen molar-refractivity contribution in [2.75, 3.05) is 11.9 Å². The minimum atomic E-state index is -0.972. The Bertz CT molecular complexity index is 458. The fourth-order valence-electron chi connectivity index (χ4n) is 1.91. The average Bonchev–Trinajstić information content (AvgIpc) is 2.35. The van der Waals surface area contributed by atoms with Crippen molar-refractivity contribution in [3.05, 3.63) is 23.4 Å². The number of aliphatic hydroxyl groups is 1. The third-order valence-corrected chi connectivity index (χ3v) is 2.95. The zero-order chi connectivity index (χ0) is 15.3. The number of hydrogen-bond acceptors (Lipinski definition) is 4. The van der Waals surface area contributed by atoms with Crippen molar-refractivity contribution in [3.8, 4) is 0 Å². The number of nitrogens with one attached hydrogen (secondary N) is 1. The quantitative estimate of drug-likeness (QED) is 0.715. The number of pyridine rings is 1. The molecule has 1 aromatic rings. The topological polar surface area (TPSA) is 82.5 Å². The first-order chi connectivity index (χ1) is 9.29. The smallest absolute Gasteiger partial charge is 0.335 e. The fraction of sp³-hybridized carbons (Fsp3) is 0.600. The number of aliphatic hydroxyl groups excluding tert-OH is 1. The SMILES string of the molecule is CC(C)CC(O)CNc1cc(C(=O)O)cc(C(C)C)n1. The van der Waals surface area contributed by atoms with E-state index in [4.69, 9.17) is 5.11 Å². The van der Waals surface area contributed by atoms with Crippen LogP contribution >= 0.6 is 0 Å². The van der Waals surface area contributed by atoms with Gasteiger partial charge in [0.2, 0.25) is 0 Å². The Hall–Kier alpha value is -1.62. The largest absolute Gasteiger partial charge is 0.478 e. The molecule has 0 bridgehead atoms. The second kappa shape index (κ2) is 7.24. The molecule has 1 atom stereocenters. The van der Waals surface area contributed by atoms with Gasteiger partial charge in [-0.25, -0.2) is 9.78 Å². The van der Waals surface area contributed by atoms with Crippen molar-refractivity contribution in [3.63, 3.8) is 0 Å². The van der Waals surface area contributed by atoms with Crippen LogP contribution in [0.3, 0.4) is 0 Å². The number of hydrogen-bond donors (Lipinski definition) is 3. The molecule has 0 aliphatic heterocycles. The van der Waals surface area contributed by atoms with Crippen molar-refractivity contribution in [2.45, 2.75) is 46.1 Å². The zero-order valence-electron chi connectivity index (χ0n) is 12.6. The van der Waals surface area contributed by atoms with E-state index in [1.165, 1.54) is 6.07 Å². The Morgan fingerprint density at radius 1 is 1.30 bits per heavy atom. The number of carboxylic acids is 1. The van der Waals surface area contributed by atoms with E-state index in [1.807, 2.05) is 27.7 Å². The molecule has 0 saturated carbocycles. The molecule has 0 aromatic carbocycles. The summed E-state index contributed by atoms with van der Waals surface area (Å²) in [4.78, 5) is 15.5. The van der Waals surface area contributed by atoms with Crippen molar-refractivity contribution < 1.29 is 15.0 Å². The van der Waals surface area contributed by atoms with Gasteiger partial charge < -0.3 is 15.5 Å². The van der Waals surface area contributed by atoms with Crippen LogP contribution in [0.2, 0.25) is 0 Å². The van der Waals surface area contributed by atoms with Crippen LogP contribution in [0.5, 0.6) is 0 Å². The second-order valence-electron chi connectivity index (χ2n) is 5.79. The summed E-state index contributed by atoms with van der Waals surface area (Å²) in [7, 11) is 0. The summed E-state index contributed by atoms with van der Waals surface area (Å²) in [6.07, 6.45) is 0.232. The number of nitrogens with zero attached hydrogens (tertiary/aromatic N) is 1. The standard InChI is InChI=1S/C15H24N2O3/c1-9(2)5-12(18)8-16-14-7-11(15(19)20)6-13(17-14)10(3)4/h6-7,9-10,12,18H,5,8H2,1-4H3,(H,16,17)(H,19,20). The van der Waals surface area contributed by atoms with Crippen molar-refractivity contribution >= 4 is 11.8 Å². The number of carboxylic acid groups (broad SMARTS) is 1. The summed E-state index contributed by atoms with van der Waals surface area (Å²) in [5.41, 5.74) is 0.940. The molecular formula is C15H24N2O3. The molecule has 0 aliphatic carbocycles. The molecule has 0 spiro atoms. The number of aromatic carboxylic acids is 1. The summed E-state index contributed by atoms with van der Waals surface area (Å²) in [5, 5.41) is 22.0. The van der Waals surface area contributed by atoms with E-state index in [2.05, 4.69) is 10.3 Å². The van der Waals surface area contributed by atoms with Crippen LogP contribution < -0.4 is 5.32 Å². The molecule has 3 N–H and O–H groups in total. The van der Waals surface area contributed by atoms with Gasteiger partial charge in [0.25, 0.3) is 0 Å². The van der Waals surface area contributed by atoms with E-state index in [1.54, 1.807) is 6.07 Å².